The van der Waals surface area contributed by atoms with Crippen molar-refractivity contribution in [3.05, 3.63) is 83.6 Å². The minimum atomic E-state index is -0.854. The van der Waals surface area contributed by atoms with Crippen LogP contribution in [0.2, 0.25) is 0 Å². The van der Waals surface area contributed by atoms with Crippen LogP contribution in [0.5, 0.6) is 11.5 Å². The van der Waals surface area contributed by atoms with Gasteiger partial charge in [0.2, 0.25) is 5.91 Å². The Hall–Kier alpha value is -4.07. The summed E-state index contributed by atoms with van der Waals surface area (Å²) in [5, 5.41) is 5.11. The third-order valence-electron chi connectivity index (χ3n) is 5.51. The van der Waals surface area contributed by atoms with Gasteiger partial charge in [0.05, 0.1) is 5.69 Å². The average molecular weight is 447 g/mol. The van der Waals surface area contributed by atoms with Crippen LogP contribution in [0.1, 0.15) is 24.0 Å². The second kappa shape index (κ2) is 8.46. The molecule has 2 aliphatic carbocycles. The summed E-state index contributed by atoms with van der Waals surface area (Å²) in [5.41, 5.74) is 1.91. The highest BCUT2D eigenvalue weighted by Gasteiger charge is 2.30. The third kappa shape index (κ3) is 4.45. The molecular formula is C25H19F2N3O3. The lowest BCUT2D eigenvalue weighted by molar-refractivity contribution is -0.117. The zero-order valence-corrected chi connectivity index (χ0v) is 17.4. The summed E-state index contributed by atoms with van der Waals surface area (Å²) in [6, 6.07) is 12.1. The van der Waals surface area contributed by atoms with Crippen molar-refractivity contribution < 1.29 is 23.1 Å². The minimum absolute atomic E-state index is 0.000792. The van der Waals surface area contributed by atoms with E-state index in [-0.39, 0.29) is 34.8 Å². The fourth-order valence-electron chi connectivity index (χ4n) is 3.63. The molecule has 5 rings (SSSR count). The number of aromatic nitrogens is 1. The highest BCUT2D eigenvalue weighted by Crippen LogP contribution is 2.33. The van der Waals surface area contributed by atoms with Gasteiger partial charge in [-0.2, -0.15) is 0 Å². The van der Waals surface area contributed by atoms with Gasteiger partial charge in [0, 0.05) is 35.9 Å². The SMILES string of the molecule is O=C(Nc1cc(F)c(Oc2ccnc(NC(=O)C3CC3)c2)cc1F)C1=CCc2ccccc21. The summed E-state index contributed by atoms with van der Waals surface area (Å²) in [5.74, 6) is -2.26. The van der Waals surface area contributed by atoms with Crippen LogP contribution in [0.4, 0.5) is 20.3 Å². The Bertz CT molecular complexity index is 1300. The Labute approximate surface area is 188 Å². The van der Waals surface area contributed by atoms with E-state index in [1.165, 1.54) is 18.3 Å². The molecule has 2 aliphatic rings. The van der Waals surface area contributed by atoms with Gasteiger partial charge in [0.1, 0.15) is 11.6 Å². The zero-order valence-electron chi connectivity index (χ0n) is 17.4. The molecule has 2 amide bonds. The molecule has 1 heterocycles. The molecule has 6 nitrogen and oxygen atoms in total. The lowest BCUT2D eigenvalue weighted by Crippen LogP contribution is -2.14. The van der Waals surface area contributed by atoms with Crippen LogP contribution in [-0.4, -0.2) is 16.8 Å². The van der Waals surface area contributed by atoms with Gasteiger partial charge in [-0.1, -0.05) is 30.3 Å². The molecule has 0 spiro atoms. The first-order valence-corrected chi connectivity index (χ1v) is 10.5. The van der Waals surface area contributed by atoms with Crippen molar-refractivity contribution in [2.45, 2.75) is 19.3 Å². The maximum atomic E-state index is 14.7. The zero-order chi connectivity index (χ0) is 22.9. The first kappa shape index (κ1) is 20.8. The molecule has 0 radical (unpaired) electrons. The Morgan fingerprint density at radius 3 is 2.64 bits per heavy atom. The van der Waals surface area contributed by atoms with Gasteiger partial charge in [-0.3, -0.25) is 9.59 Å². The lowest BCUT2D eigenvalue weighted by atomic mass is 10.1. The third-order valence-corrected chi connectivity index (χ3v) is 5.51. The van der Waals surface area contributed by atoms with Crippen LogP contribution < -0.4 is 15.4 Å². The van der Waals surface area contributed by atoms with Crippen molar-refractivity contribution >= 4 is 28.9 Å². The number of ether oxygens (including phenoxy) is 1. The molecule has 1 aromatic heterocycles. The second-order valence-corrected chi connectivity index (χ2v) is 7.94. The number of hydrogen-bond acceptors (Lipinski definition) is 4. The fraction of sp³-hybridized carbons (Fsp3) is 0.160. The summed E-state index contributed by atoms with van der Waals surface area (Å²) in [6.07, 6.45) is 5.46. The molecule has 166 valence electrons. The molecule has 3 aromatic rings. The summed E-state index contributed by atoms with van der Waals surface area (Å²) in [4.78, 5) is 28.6. The van der Waals surface area contributed by atoms with Crippen LogP contribution >= 0.6 is 0 Å². The quantitative estimate of drug-likeness (QED) is 0.552. The van der Waals surface area contributed by atoms with E-state index >= 15 is 0 Å². The van der Waals surface area contributed by atoms with Crippen LogP contribution in [0.3, 0.4) is 0 Å². The van der Waals surface area contributed by atoms with Crippen molar-refractivity contribution in [1.29, 1.82) is 0 Å². The van der Waals surface area contributed by atoms with Gasteiger partial charge in [0.25, 0.3) is 5.91 Å². The van der Waals surface area contributed by atoms with E-state index in [1.54, 1.807) is 6.08 Å². The number of pyridine rings is 1. The van der Waals surface area contributed by atoms with E-state index in [0.29, 0.717) is 12.0 Å². The van der Waals surface area contributed by atoms with E-state index in [9.17, 15) is 18.4 Å². The van der Waals surface area contributed by atoms with Gasteiger partial charge in [0.15, 0.2) is 17.4 Å². The standard InChI is InChI=1S/C25H19F2N3O3/c26-19-13-22(33-16-9-10-28-23(11-16)30-24(31)15-5-6-15)20(27)12-21(19)29-25(32)18-8-7-14-3-1-2-4-17(14)18/h1-4,8-13,15H,5-7H2,(H,29,32)(H,28,30,31). The largest absolute Gasteiger partial charge is 0.454 e. The van der Waals surface area contributed by atoms with Gasteiger partial charge in [-0.15, -0.1) is 0 Å². The monoisotopic (exact) mass is 447 g/mol. The Kier molecular flexibility index (Phi) is 5.34. The number of rotatable bonds is 6. The molecule has 1 saturated carbocycles. The Morgan fingerprint density at radius 1 is 1.00 bits per heavy atom. The van der Waals surface area contributed by atoms with E-state index in [0.717, 1.165) is 36.1 Å². The summed E-state index contributed by atoms with van der Waals surface area (Å²) in [7, 11) is 0. The number of amides is 2. The molecule has 2 N–H and O–H groups in total. The summed E-state index contributed by atoms with van der Waals surface area (Å²) < 4.78 is 34.8. The molecule has 0 atom stereocenters. The highest BCUT2D eigenvalue weighted by molar-refractivity contribution is 6.26. The van der Waals surface area contributed by atoms with Gasteiger partial charge in [-0.25, -0.2) is 13.8 Å². The van der Waals surface area contributed by atoms with Gasteiger partial charge < -0.3 is 15.4 Å². The molecule has 2 aromatic carbocycles. The number of benzene rings is 2. The normalized spacial score (nSPS) is 14.3. The van der Waals surface area contributed by atoms with Crippen LogP contribution in [-0.2, 0) is 16.0 Å². The second-order valence-electron chi connectivity index (χ2n) is 7.94. The first-order chi connectivity index (χ1) is 16.0. The smallest absolute Gasteiger partial charge is 0.256 e. The van der Waals surface area contributed by atoms with E-state index in [1.807, 2.05) is 24.3 Å². The number of halogens is 2. The molecule has 1 fully saturated rings. The van der Waals surface area contributed by atoms with Crippen molar-refractivity contribution in [1.82, 2.24) is 4.98 Å². The molecule has 0 unspecified atom stereocenters. The molecular weight excluding hydrogens is 428 g/mol. The highest BCUT2D eigenvalue weighted by atomic mass is 19.1. The number of allylic oxidation sites excluding steroid dienone is 1. The van der Waals surface area contributed by atoms with Crippen LogP contribution in [0, 0.1) is 17.6 Å². The first-order valence-electron chi connectivity index (χ1n) is 10.5. The Balaban J connectivity index is 1.30. The molecule has 0 bridgehead atoms. The summed E-state index contributed by atoms with van der Waals surface area (Å²) >= 11 is 0. The van der Waals surface area contributed by atoms with Crippen LogP contribution in [0.25, 0.3) is 5.57 Å². The van der Waals surface area contributed by atoms with Crippen molar-refractivity contribution in [3.63, 3.8) is 0 Å². The maximum absolute atomic E-state index is 14.7. The maximum Gasteiger partial charge on any atom is 0.256 e. The number of nitrogens with zero attached hydrogens (tertiary/aromatic N) is 1. The molecule has 8 heteroatoms. The number of hydrogen-bond donors (Lipinski definition) is 2. The lowest BCUT2D eigenvalue weighted by Gasteiger charge is -2.12. The predicted octanol–water partition coefficient (Wildman–Crippen LogP) is 5.08. The van der Waals surface area contributed by atoms with Crippen molar-refractivity contribution in [2.24, 2.45) is 5.92 Å². The summed E-state index contributed by atoms with van der Waals surface area (Å²) in [6.45, 7) is 0. The number of fused-ring (bicyclic) bond motifs is 1. The molecule has 33 heavy (non-hydrogen) atoms. The number of anilines is 2. The molecule has 0 saturated heterocycles. The number of carbonyl (C=O) groups is 2. The number of nitrogens with one attached hydrogen (secondary N) is 2. The average Bonchev–Trinajstić information content (AvgIpc) is 3.56. The number of carbonyl (C=O) groups excluding carboxylic acids is 2. The van der Waals surface area contributed by atoms with Crippen molar-refractivity contribution in [2.75, 3.05) is 10.6 Å². The van der Waals surface area contributed by atoms with Crippen molar-refractivity contribution in [3.8, 4) is 11.5 Å². The molecule has 0 aliphatic heterocycles. The van der Waals surface area contributed by atoms with E-state index in [2.05, 4.69) is 15.6 Å². The minimum Gasteiger partial charge on any atom is -0.454 e. The topological polar surface area (TPSA) is 80.3 Å². The van der Waals surface area contributed by atoms with Gasteiger partial charge >= 0.3 is 0 Å². The van der Waals surface area contributed by atoms with Gasteiger partial charge in [-0.05, 0) is 36.5 Å². The fourth-order valence-corrected chi connectivity index (χ4v) is 3.63. The Morgan fingerprint density at radius 2 is 1.82 bits per heavy atom. The van der Waals surface area contributed by atoms with E-state index < -0.39 is 17.5 Å². The van der Waals surface area contributed by atoms with E-state index in [4.69, 9.17) is 4.74 Å². The predicted molar refractivity (Wildman–Crippen MR) is 119 cm³/mol. The van der Waals surface area contributed by atoms with Crippen LogP contribution in [0.15, 0.2) is 60.8 Å².